The number of H-pyrrole nitrogens is 3. The van der Waals surface area contributed by atoms with Gasteiger partial charge in [0.1, 0.15) is 28.7 Å². The second-order valence-corrected chi connectivity index (χ2v) is 35.0. The third kappa shape index (κ3) is 24.1. The van der Waals surface area contributed by atoms with E-state index in [1.807, 2.05) is 102 Å². The molecular weight excluding hydrogens is 1830 g/mol. The van der Waals surface area contributed by atoms with Crippen molar-refractivity contribution in [1.82, 2.24) is 59.0 Å². The first kappa shape index (κ1) is 94.2. The normalized spacial score (nSPS) is 14.3. The molecule has 3 atom stereocenters. The molecule has 0 spiro atoms. The summed E-state index contributed by atoms with van der Waals surface area (Å²) in [6.07, 6.45) is 10.5. The number of nitrogens with two attached hydrogens (primary N) is 1. The molecule has 15 rings (SSSR count). The molecule has 7 amide bonds. The summed E-state index contributed by atoms with van der Waals surface area (Å²) in [5.41, 5.74) is 18.5. The van der Waals surface area contributed by atoms with Crippen molar-refractivity contribution >= 4 is 152 Å². The van der Waals surface area contributed by atoms with Gasteiger partial charge in [-0.25, -0.2) is 8.78 Å². The Morgan fingerprint density at radius 3 is 1.17 bits per heavy atom. The van der Waals surface area contributed by atoms with Crippen molar-refractivity contribution in [1.29, 1.82) is 0 Å². The van der Waals surface area contributed by atoms with Gasteiger partial charge in [0, 0.05) is 131 Å². The first-order chi connectivity index (χ1) is 60.4. The van der Waals surface area contributed by atoms with Gasteiger partial charge in [0.2, 0.25) is 17.0 Å². The van der Waals surface area contributed by atoms with E-state index >= 15 is 0 Å². The van der Waals surface area contributed by atoms with Crippen LogP contribution in [0.2, 0.25) is 0 Å². The predicted octanol–water partition coefficient (Wildman–Crippen LogP) is 16.9. The average Bonchev–Trinajstić information content (AvgIpc) is 1.62. The summed E-state index contributed by atoms with van der Waals surface area (Å²) in [5, 5.41) is 36.1. The van der Waals surface area contributed by atoms with E-state index in [4.69, 9.17) is 63.5 Å². The van der Waals surface area contributed by atoms with Crippen molar-refractivity contribution in [2.75, 3.05) is 58.4 Å². The molecule has 0 saturated heterocycles. The topological polar surface area (TPSA) is 364 Å². The van der Waals surface area contributed by atoms with Gasteiger partial charge in [0.25, 0.3) is 35.4 Å². The second-order valence-electron chi connectivity index (χ2n) is 29.8. The number of carbonyl (C=O) groups excluding carboxylic acids is 8. The number of rotatable bonds is 21. The van der Waals surface area contributed by atoms with Gasteiger partial charge < -0.3 is 56.7 Å². The molecule has 652 valence electrons. The van der Waals surface area contributed by atoms with Crippen LogP contribution in [0.25, 0.3) is 0 Å². The number of amides is 7. The van der Waals surface area contributed by atoms with E-state index in [-0.39, 0.29) is 108 Å². The molecular formula is C89H86Cl5F3N18O10Sn. The fourth-order valence-corrected chi connectivity index (χ4v) is 15.2. The first-order valence-corrected chi connectivity index (χ1v) is 48.0. The number of nitrogens with zero attached hydrogens (tertiary/aromatic N) is 10. The van der Waals surface area contributed by atoms with E-state index in [1.54, 1.807) is 114 Å². The summed E-state index contributed by atoms with van der Waals surface area (Å²) in [4.78, 5) is 126. The fourth-order valence-electron chi connectivity index (χ4n) is 14.9. The van der Waals surface area contributed by atoms with Gasteiger partial charge in [-0.1, -0.05) is 87.5 Å². The number of fused-ring (bicyclic) bond motifs is 3. The summed E-state index contributed by atoms with van der Waals surface area (Å²) >= 11 is 14.8. The zero-order chi connectivity index (χ0) is 90.6. The molecule has 2 radical (unpaired) electrons. The maximum atomic E-state index is 14.5. The Hall–Kier alpha value is -12.5. The summed E-state index contributed by atoms with van der Waals surface area (Å²) < 4.78 is 47.3. The molecule has 0 bridgehead atoms. The number of halogens is 8. The maximum absolute atomic E-state index is 14.5. The van der Waals surface area contributed by atoms with Crippen LogP contribution in [-0.4, -0.2) is 161 Å². The number of nitro groups is 1. The number of aromatic amines is 3. The second kappa shape index (κ2) is 43.9. The van der Waals surface area contributed by atoms with Crippen LogP contribution in [0.5, 0.6) is 0 Å². The minimum absolute atomic E-state index is 0.0194. The molecule has 12 aromatic rings. The number of nitro benzene ring substituents is 1. The van der Waals surface area contributed by atoms with Crippen LogP contribution >= 0.6 is 52.6 Å². The number of nitrogen functional groups attached to an aromatic ring is 1. The number of allylic oxidation sites excluding steroid dienone is 3. The van der Waals surface area contributed by atoms with E-state index in [2.05, 4.69) is 46.4 Å². The molecule has 28 nitrogen and oxygen atoms in total. The number of carbonyl (C=O) groups is 8. The molecule has 37 heteroatoms. The Kier molecular flexibility index (Phi) is 32.8. The zero-order valence-electron chi connectivity index (χ0n) is 68.8. The Morgan fingerprint density at radius 1 is 0.492 bits per heavy atom. The van der Waals surface area contributed by atoms with Gasteiger partial charge in [-0.3, -0.25) is 62.5 Å². The molecule has 0 saturated carbocycles. The van der Waals surface area contributed by atoms with Gasteiger partial charge in [-0.15, -0.1) is 23.2 Å². The molecule has 6 aromatic heterocycles. The van der Waals surface area contributed by atoms with Crippen LogP contribution in [0, 0.1) is 48.3 Å². The Morgan fingerprint density at radius 2 is 0.841 bits per heavy atom. The Balaban J connectivity index is 0.000000174. The van der Waals surface area contributed by atoms with E-state index in [0.717, 1.165) is 45.4 Å². The molecule has 9 N–H and O–H groups in total. The van der Waals surface area contributed by atoms with Crippen LogP contribution in [0.1, 0.15) is 169 Å². The minimum atomic E-state index is -0.925. The number of anilines is 5. The summed E-state index contributed by atoms with van der Waals surface area (Å²) in [7, 11) is 9.87. The van der Waals surface area contributed by atoms with Crippen molar-refractivity contribution in [3.05, 3.63) is 336 Å². The van der Waals surface area contributed by atoms with Crippen LogP contribution in [0.15, 0.2) is 207 Å². The monoisotopic (exact) mass is 1920 g/mol. The predicted molar refractivity (Wildman–Crippen MR) is 480 cm³/mol. The van der Waals surface area contributed by atoms with Gasteiger partial charge in [0.15, 0.2) is 17.1 Å². The average molecular weight is 1920 g/mol. The molecule has 6 aromatic carbocycles. The van der Waals surface area contributed by atoms with Gasteiger partial charge >= 0.3 is 42.4 Å². The molecule has 9 heterocycles. The van der Waals surface area contributed by atoms with Crippen LogP contribution in [0.3, 0.4) is 0 Å². The third-order valence-corrected chi connectivity index (χ3v) is 20.8. The van der Waals surface area contributed by atoms with Crippen LogP contribution in [0.4, 0.5) is 47.3 Å². The van der Waals surface area contributed by atoms with Crippen molar-refractivity contribution in [3.8, 4) is 0 Å². The number of hydrogen-bond donors (Lipinski definition) is 8. The summed E-state index contributed by atoms with van der Waals surface area (Å²) in [5.74, 6) is -4.11. The number of benzene rings is 6. The van der Waals surface area contributed by atoms with Gasteiger partial charge in [0.05, 0.1) is 55.6 Å². The standard InChI is InChI=1S/C31H30ClFN6O3.C27H25FN6O4.C27H27FN6O2.C4H4Cl2O.2ClH.Sn/c1-19-6-3-7-22(14-19)35-30(41)28-23-18-38(31(42)25-8-5-13-34-25)16-20(2)29(23)39(37-28)17-21-10-11-24(33)26(15-21)36-27(40)9-4-12-32;1-16-5-3-6-19(11-16)30-26(35)24-20-15-32(27(36)22-7-4-10-29-22)13-17(2)25(20)33(31-24)14-18-8-9-21(28)23(12-18)34(37)38;1-16-5-3-6-19(11-16)31-26(35)24-20-15-33(27(36)23-7-4-10-30-23)13-17(2)25(20)34(32-24)14-18-8-9-21(28)22(29)12-18;5-3-1-2-4(6)7;;;/h3-11,13-15,20,34H,12,16-18H2,1-2H3,(H,35,41)(H,36,40);3-12,17,29H,13-15H2,1-2H3,(H,30,35);3-12,17,30H,13-15,29H2,1-2H3,(H,31,35);1-2H,3H2;2*1H;/q;;;;;;+2/p-2/b9-4+;;;2-1+;;;. The number of aromatic nitrogens is 9. The van der Waals surface area contributed by atoms with E-state index in [9.17, 15) is 61.6 Å². The molecule has 0 aliphatic carbocycles. The van der Waals surface area contributed by atoms with Crippen molar-refractivity contribution < 1.29 is 56.5 Å². The van der Waals surface area contributed by atoms with Crippen molar-refractivity contribution in [2.45, 2.75) is 98.6 Å². The SMILES string of the molecule is Cc1cccc(NC(=O)c2nn(Cc3ccc(F)c(N)c3)c3c2CN(C(=O)c2ccc[nH]2)CC3C)c1.Cc1cccc(NC(=O)c2nn(Cc3ccc(F)c(NC(=O)/C=C/CCl)c3)c3c2CN(C(=O)c2ccc[nH]2)CC3C)c1.Cc1cccc(NC(=O)c2nn(Cc3ccc(F)c([N+](=O)[O-])c3)c3c2CN(C(=O)c2ccc[nH]2)CC3C)c1.O=C(Cl)/C=C/CCl.[Cl][Sn][Cl]. The number of alkyl halides is 2. The third-order valence-electron chi connectivity index (χ3n) is 20.3. The summed E-state index contributed by atoms with van der Waals surface area (Å²) in [6, 6.07) is 45.4. The van der Waals surface area contributed by atoms with Gasteiger partial charge in [-0.2, -0.15) is 19.7 Å². The van der Waals surface area contributed by atoms with Crippen LogP contribution < -0.4 is 27.0 Å². The summed E-state index contributed by atoms with van der Waals surface area (Å²) in [6.45, 7) is 14.2. The molecule has 3 aliphatic heterocycles. The Bertz CT molecular complexity index is 6040. The van der Waals surface area contributed by atoms with Crippen molar-refractivity contribution in [2.24, 2.45) is 0 Å². The van der Waals surface area contributed by atoms with E-state index in [1.165, 1.54) is 54.6 Å². The molecule has 3 aliphatic rings. The van der Waals surface area contributed by atoms with Crippen LogP contribution in [-0.2, 0) is 48.9 Å². The molecule has 0 fully saturated rings. The quantitative estimate of drug-likeness (QED) is 0.00631. The van der Waals surface area contributed by atoms with E-state index < -0.39 is 69.9 Å². The van der Waals surface area contributed by atoms with Crippen molar-refractivity contribution in [3.63, 3.8) is 0 Å². The van der Waals surface area contributed by atoms with E-state index in [0.29, 0.717) is 94.0 Å². The first-order valence-electron chi connectivity index (χ1n) is 39.3. The zero-order valence-corrected chi connectivity index (χ0v) is 75.4. The molecule has 3 unspecified atom stereocenters. The number of nitrogens with one attached hydrogen (secondary N) is 7. The fraction of sp³-hybridized carbons (Fsp3) is 0.225. The number of aryl methyl sites for hydroxylation is 3. The number of hydrogen-bond acceptors (Lipinski definition) is 14. The Labute approximate surface area is 754 Å². The molecule has 126 heavy (non-hydrogen) atoms. The van der Waals surface area contributed by atoms with Gasteiger partial charge in [-0.05, 0) is 175 Å².